The quantitative estimate of drug-likeness (QED) is 0.633. The molecule has 0 saturated carbocycles. The molecule has 6 nitrogen and oxygen atoms in total. The summed E-state index contributed by atoms with van der Waals surface area (Å²) in [5, 5.41) is 14.4. The molecule has 3 N–H and O–H groups in total. The number of hydrogen-bond donors (Lipinski definition) is 3. The Morgan fingerprint density at radius 1 is 0.963 bits per heavy atom. The molecule has 0 bridgehead atoms. The van der Waals surface area contributed by atoms with Crippen LogP contribution in [-0.2, 0) is 16.0 Å². The molecule has 2 rings (SSSR count). The fraction of sp³-hybridized carbons (Fsp3) is 0.286. The molecule has 0 aliphatic heterocycles. The Bertz CT molecular complexity index is 762. The second-order valence-electron chi connectivity index (χ2n) is 6.53. The third-order valence-electron chi connectivity index (χ3n) is 4.09. The molecule has 0 spiro atoms. The van der Waals surface area contributed by atoms with Crippen molar-refractivity contribution in [2.75, 3.05) is 6.54 Å². The number of rotatable bonds is 9. The van der Waals surface area contributed by atoms with E-state index < -0.39 is 12.0 Å². The summed E-state index contributed by atoms with van der Waals surface area (Å²) in [7, 11) is 0. The first-order valence-electron chi connectivity index (χ1n) is 8.85. The van der Waals surface area contributed by atoms with Gasteiger partial charge in [-0.3, -0.25) is 14.4 Å². The largest absolute Gasteiger partial charge is 0.481 e. The van der Waals surface area contributed by atoms with Crippen molar-refractivity contribution < 1.29 is 19.5 Å². The molecule has 2 aromatic rings. The zero-order valence-corrected chi connectivity index (χ0v) is 15.2. The number of hydrogen-bond acceptors (Lipinski definition) is 3. The second kappa shape index (κ2) is 10.1. The summed E-state index contributed by atoms with van der Waals surface area (Å²) < 4.78 is 0. The first-order chi connectivity index (χ1) is 13.0. The lowest BCUT2D eigenvalue weighted by Crippen LogP contribution is -2.48. The number of carboxylic acid groups (broad SMARTS) is 1. The number of aliphatic carboxylic acids is 1. The van der Waals surface area contributed by atoms with Crippen molar-refractivity contribution in [1.29, 1.82) is 0 Å². The highest BCUT2D eigenvalue weighted by atomic mass is 16.4. The lowest BCUT2D eigenvalue weighted by atomic mass is 10.0. The van der Waals surface area contributed by atoms with Gasteiger partial charge in [-0.1, -0.05) is 55.5 Å². The van der Waals surface area contributed by atoms with Crippen LogP contribution in [0.4, 0.5) is 0 Å². The lowest BCUT2D eigenvalue weighted by molar-refractivity contribution is -0.138. The SMILES string of the molecule is CC(CNC(=O)C(Cc1ccccc1)NC(=O)c1ccccc1)CC(=O)O. The van der Waals surface area contributed by atoms with E-state index >= 15 is 0 Å². The maximum absolute atomic E-state index is 12.6. The topological polar surface area (TPSA) is 95.5 Å². The zero-order chi connectivity index (χ0) is 19.6. The molecule has 0 aliphatic carbocycles. The summed E-state index contributed by atoms with van der Waals surface area (Å²) in [5.41, 5.74) is 1.40. The van der Waals surface area contributed by atoms with Crippen LogP contribution >= 0.6 is 0 Å². The van der Waals surface area contributed by atoms with Gasteiger partial charge in [0.15, 0.2) is 0 Å². The highest BCUT2D eigenvalue weighted by Gasteiger charge is 2.22. The van der Waals surface area contributed by atoms with Crippen LogP contribution in [-0.4, -0.2) is 35.5 Å². The van der Waals surface area contributed by atoms with Gasteiger partial charge in [-0.05, 0) is 23.6 Å². The van der Waals surface area contributed by atoms with Crippen molar-refractivity contribution in [3.05, 3.63) is 71.8 Å². The van der Waals surface area contributed by atoms with Gasteiger partial charge in [0.1, 0.15) is 6.04 Å². The Hall–Kier alpha value is -3.15. The third kappa shape index (κ3) is 6.93. The first-order valence-corrected chi connectivity index (χ1v) is 8.85. The standard InChI is InChI=1S/C21H24N2O4/c1-15(12-19(24)25)14-22-21(27)18(13-16-8-4-2-5-9-16)23-20(26)17-10-6-3-7-11-17/h2-11,15,18H,12-14H2,1H3,(H,22,27)(H,23,26)(H,24,25). The smallest absolute Gasteiger partial charge is 0.303 e. The molecule has 2 atom stereocenters. The summed E-state index contributed by atoms with van der Waals surface area (Å²) in [6, 6.07) is 17.4. The summed E-state index contributed by atoms with van der Waals surface area (Å²) in [4.78, 5) is 35.9. The highest BCUT2D eigenvalue weighted by Crippen LogP contribution is 2.07. The minimum absolute atomic E-state index is 0.0278. The molecule has 0 aromatic heterocycles. The van der Waals surface area contributed by atoms with E-state index in [-0.39, 0.29) is 30.7 Å². The van der Waals surface area contributed by atoms with E-state index in [0.29, 0.717) is 12.0 Å². The van der Waals surface area contributed by atoms with Gasteiger partial charge >= 0.3 is 5.97 Å². The minimum Gasteiger partial charge on any atom is -0.481 e. The van der Waals surface area contributed by atoms with Crippen molar-refractivity contribution in [3.8, 4) is 0 Å². The average Bonchev–Trinajstić information content (AvgIpc) is 2.66. The first kappa shape index (κ1) is 20.2. The van der Waals surface area contributed by atoms with E-state index in [1.165, 1.54) is 0 Å². The Labute approximate surface area is 158 Å². The summed E-state index contributed by atoms with van der Waals surface area (Å²) in [6.07, 6.45) is 0.318. The fourth-order valence-corrected chi connectivity index (χ4v) is 2.66. The van der Waals surface area contributed by atoms with Crippen molar-refractivity contribution in [1.82, 2.24) is 10.6 Å². The molecule has 0 saturated heterocycles. The van der Waals surface area contributed by atoms with Crippen LogP contribution in [0.1, 0.15) is 29.3 Å². The van der Waals surface area contributed by atoms with Crippen molar-refractivity contribution in [3.63, 3.8) is 0 Å². The Morgan fingerprint density at radius 3 is 2.15 bits per heavy atom. The van der Waals surface area contributed by atoms with Gasteiger partial charge in [-0.15, -0.1) is 0 Å². The number of carbonyl (C=O) groups excluding carboxylic acids is 2. The average molecular weight is 368 g/mol. The molecule has 2 unspecified atom stereocenters. The predicted molar refractivity (Wildman–Crippen MR) is 102 cm³/mol. The zero-order valence-electron chi connectivity index (χ0n) is 15.2. The van der Waals surface area contributed by atoms with Crippen LogP contribution in [0.2, 0.25) is 0 Å². The van der Waals surface area contributed by atoms with Crippen LogP contribution < -0.4 is 10.6 Å². The van der Waals surface area contributed by atoms with Crippen LogP contribution in [0.3, 0.4) is 0 Å². The molecule has 27 heavy (non-hydrogen) atoms. The molecule has 0 radical (unpaired) electrons. The van der Waals surface area contributed by atoms with Gasteiger partial charge < -0.3 is 15.7 Å². The number of benzene rings is 2. The molecule has 0 aliphatic rings. The van der Waals surface area contributed by atoms with E-state index in [0.717, 1.165) is 5.56 Å². The van der Waals surface area contributed by atoms with Crippen LogP contribution in [0.25, 0.3) is 0 Å². The van der Waals surface area contributed by atoms with Gasteiger partial charge in [-0.2, -0.15) is 0 Å². The van der Waals surface area contributed by atoms with E-state index in [2.05, 4.69) is 10.6 Å². The normalized spacial score (nSPS) is 12.6. The number of nitrogens with one attached hydrogen (secondary N) is 2. The van der Waals surface area contributed by atoms with Crippen LogP contribution in [0.15, 0.2) is 60.7 Å². The molecule has 6 heteroatoms. The maximum Gasteiger partial charge on any atom is 0.303 e. The van der Waals surface area contributed by atoms with E-state index in [9.17, 15) is 14.4 Å². The number of amides is 2. The van der Waals surface area contributed by atoms with E-state index in [1.807, 2.05) is 36.4 Å². The summed E-state index contributed by atoms with van der Waals surface area (Å²) in [6.45, 7) is 1.99. The van der Waals surface area contributed by atoms with Gasteiger partial charge in [-0.25, -0.2) is 0 Å². The molecule has 0 fully saturated rings. The van der Waals surface area contributed by atoms with Gasteiger partial charge in [0, 0.05) is 24.9 Å². The van der Waals surface area contributed by atoms with Crippen LogP contribution in [0, 0.1) is 5.92 Å². The van der Waals surface area contributed by atoms with Crippen LogP contribution in [0.5, 0.6) is 0 Å². The van der Waals surface area contributed by atoms with Gasteiger partial charge in [0.25, 0.3) is 5.91 Å². The summed E-state index contributed by atoms with van der Waals surface area (Å²) in [5.74, 6) is -1.77. The van der Waals surface area contributed by atoms with Gasteiger partial charge in [0.2, 0.25) is 5.91 Å². The number of carboxylic acids is 1. The van der Waals surface area contributed by atoms with E-state index in [1.54, 1.807) is 31.2 Å². The van der Waals surface area contributed by atoms with Crippen molar-refractivity contribution >= 4 is 17.8 Å². The number of carbonyl (C=O) groups is 3. The summed E-state index contributed by atoms with van der Waals surface area (Å²) >= 11 is 0. The molecular formula is C21H24N2O4. The minimum atomic E-state index is -0.907. The lowest BCUT2D eigenvalue weighted by Gasteiger charge is -2.20. The third-order valence-corrected chi connectivity index (χ3v) is 4.09. The molecule has 2 aromatic carbocycles. The Morgan fingerprint density at radius 2 is 1.56 bits per heavy atom. The van der Waals surface area contributed by atoms with Crippen molar-refractivity contribution in [2.24, 2.45) is 5.92 Å². The monoisotopic (exact) mass is 368 g/mol. The highest BCUT2D eigenvalue weighted by molar-refractivity contribution is 5.97. The maximum atomic E-state index is 12.6. The Kier molecular flexibility index (Phi) is 7.55. The Balaban J connectivity index is 2.05. The molecule has 2 amide bonds. The molecule has 142 valence electrons. The fourth-order valence-electron chi connectivity index (χ4n) is 2.66. The second-order valence-corrected chi connectivity index (χ2v) is 6.53. The molecular weight excluding hydrogens is 344 g/mol. The van der Waals surface area contributed by atoms with Gasteiger partial charge in [0.05, 0.1) is 0 Å². The van der Waals surface area contributed by atoms with E-state index in [4.69, 9.17) is 5.11 Å². The molecule has 0 heterocycles. The predicted octanol–water partition coefficient (Wildman–Crippen LogP) is 2.25. The van der Waals surface area contributed by atoms with Crippen molar-refractivity contribution in [2.45, 2.75) is 25.8 Å².